The van der Waals surface area contributed by atoms with Crippen LogP contribution in [0.2, 0.25) is 0 Å². The summed E-state index contributed by atoms with van der Waals surface area (Å²) in [6.45, 7) is 2.99. The fourth-order valence-corrected chi connectivity index (χ4v) is 4.01. The molecule has 0 aliphatic carbocycles. The number of esters is 1. The average molecular weight is 451 g/mol. The summed E-state index contributed by atoms with van der Waals surface area (Å²) in [5.74, 6) is -1.23. The first-order chi connectivity index (χ1) is 15.3. The standard InChI is InChI=1S/C24H22N2O5S/c1-16-13-20(21(26(29)30)14-17(16)2)25-22(27)15-31-24(28)23(18-9-5-3-6-10-18)32-19-11-7-4-8-12-19/h3-14,23H,15H2,1-2H3,(H,25,27)/t23-/m0/s1. The zero-order valence-electron chi connectivity index (χ0n) is 17.6. The zero-order chi connectivity index (χ0) is 23.1. The van der Waals surface area contributed by atoms with E-state index in [-0.39, 0.29) is 11.4 Å². The first-order valence-corrected chi connectivity index (χ1v) is 10.7. The molecule has 32 heavy (non-hydrogen) atoms. The van der Waals surface area contributed by atoms with Gasteiger partial charge in [0.25, 0.3) is 11.6 Å². The molecule has 0 aromatic heterocycles. The topological polar surface area (TPSA) is 98.5 Å². The van der Waals surface area contributed by atoms with Crippen LogP contribution in [0.3, 0.4) is 0 Å². The van der Waals surface area contributed by atoms with Crippen LogP contribution in [-0.2, 0) is 14.3 Å². The molecule has 0 aliphatic heterocycles. The van der Waals surface area contributed by atoms with E-state index in [2.05, 4.69) is 5.32 Å². The van der Waals surface area contributed by atoms with Gasteiger partial charge in [0.15, 0.2) is 6.61 Å². The molecule has 0 saturated heterocycles. The molecule has 0 unspecified atom stereocenters. The number of rotatable bonds is 8. The van der Waals surface area contributed by atoms with Crippen molar-refractivity contribution >= 4 is 35.0 Å². The van der Waals surface area contributed by atoms with Crippen molar-refractivity contribution in [2.45, 2.75) is 24.0 Å². The van der Waals surface area contributed by atoms with E-state index in [9.17, 15) is 19.7 Å². The fraction of sp³-hybridized carbons (Fsp3) is 0.167. The molecule has 3 rings (SSSR count). The number of amides is 1. The molecular weight excluding hydrogens is 428 g/mol. The summed E-state index contributed by atoms with van der Waals surface area (Å²) in [5, 5.41) is 13.1. The Hall–Kier alpha value is -3.65. The van der Waals surface area contributed by atoms with E-state index < -0.39 is 28.7 Å². The highest BCUT2D eigenvalue weighted by Crippen LogP contribution is 2.36. The second-order valence-electron chi connectivity index (χ2n) is 7.09. The summed E-state index contributed by atoms with van der Waals surface area (Å²) < 4.78 is 5.28. The van der Waals surface area contributed by atoms with Crippen molar-refractivity contribution in [3.8, 4) is 0 Å². The van der Waals surface area contributed by atoms with Crippen molar-refractivity contribution < 1.29 is 19.2 Å². The van der Waals surface area contributed by atoms with Crippen LogP contribution in [-0.4, -0.2) is 23.4 Å². The number of nitrogens with zero attached hydrogens (tertiary/aromatic N) is 1. The van der Waals surface area contributed by atoms with Gasteiger partial charge >= 0.3 is 5.97 Å². The Balaban J connectivity index is 1.70. The molecule has 0 radical (unpaired) electrons. The number of hydrogen-bond donors (Lipinski definition) is 1. The zero-order valence-corrected chi connectivity index (χ0v) is 18.4. The highest BCUT2D eigenvalue weighted by atomic mass is 32.2. The van der Waals surface area contributed by atoms with Crippen LogP contribution in [0.1, 0.15) is 21.9 Å². The van der Waals surface area contributed by atoms with Gasteiger partial charge in [-0.3, -0.25) is 19.7 Å². The van der Waals surface area contributed by atoms with E-state index in [0.717, 1.165) is 21.6 Å². The lowest BCUT2D eigenvalue weighted by atomic mass is 10.1. The van der Waals surface area contributed by atoms with Gasteiger partial charge in [-0.2, -0.15) is 0 Å². The molecule has 1 amide bonds. The molecule has 7 nitrogen and oxygen atoms in total. The molecule has 0 bridgehead atoms. The molecule has 0 fully saturated rings. The molecular formula is C24H22N2O5S. The number of aryl methyl sites for hydroxylation is 2. The minimum absolute atomic E-state index is 0.0671. The summed E-state index contributed by atoms with van der Waals surface area (Å²) in [7, 11) is 0. The number of ether oxygens (including phenoxy) is 1. The minimum Gasteiger partial charge on any atom is -0.454 e. The van der Waals surface area contributed by atoms with Gasteiger partial charge in [-0.05, 0) is 48.7 Å². The Morgan fingerprint density at radius 1 is 1.00 bits per heavy atom. The summed E-state index contributed by atoms with van der Waals surface area (Å²) >= 11 is 1.32. The van der Waals surface area contributed by atoms with Crippen LogP contribution in [0.5, 0.6) is 0 Å². The Kier molecular flexibility index (Phi) is 7.62. The van der Waals surface area contributed by atoms with Gasteiger partial charge < -0.3 is 10.1 Å². The van der Waals surface area contributed by atoms with Gasteiger partial charge in [0.05, 0.1) is 4.92 Å². The first kappa shape index (κ1) is 23.0. The lowest BCUT2D eigenvalue weighted by Crippen LogP contribution is -2.23. The molecule has 0 saturated carbocycles. The smallest absolute Gasteiger partial charge is 0.324 e. The van der Waals surface area contributed by atoms with Crippen molar-refractivity contribution in [1.29, 1.82) is 0 Å². The molecule has 1 atom stereocenters. The van der Waals surface area contributed by atoms with E-state index in [1.54, 1.807) is 13.8 Å². The molecule has 0 spiro atoms. The number of carbonyl (C=O) groups excluding carboxylic acids is 2. The van der Waals surface area contributed by atoms with Crippen LogP contribution in [0.25, 0.3) is 0 Å². The van der Waals surface area contributed by atoms with Gasteiger partial charge in [-0.1, -0.05) is 48.5 Å². The molecule has 3 aromatic carbocycles. The Labute approximate surface area is 189 Å². The third kappa shape index (κ3) is 5.95. The predicted octanol–water partition coefficient (Wildman–Crippen LogP) is 5.23. The van der Waals surface area contributed by atoms with Gasteiger partial charge in [0.2, 0.25) is 0 Å². The number of hydrogen-bond acceptors (Lipinski definition) is 6. The van der Waals surface area contributed by atoms with Crippen LogP contribution < -0.4 is 5.32 Å². The fourth-order valence-electron chi connectivity index (χ4n) is 2.97. The summed E-state index contributed by atoms with van der Waals surface area (Å²) in [4.78, 5) is 36.9. The SMILES string of the molecule is Cc1cc(NC(=O)COC(=O)[C@@H](Sc2ccccc2)c2ccccc2)c([N+](=O)[O-])cc1C. The van der Waals surface area contributed by atoms with Gasteiger partial charge in [0.1, 0.15) is 10.9 Å². The van der Waals surface area contributed by atoms with E-state index >= 15 is 0 Å². The highest BCUT2D eigenvalue weighted by Gasteiger charge is 2.25. The summed E-state index contributed by atoms with van der Waals surface area (Å²) in [6.07, 6.45) is 0. The molecule has 1 N–H and O–H groups in total. The lowest BCUT2D eigenvalue weighted by molar-refractivity contribution is -0.384. The maximum Gasteiger partial charge on any atom is 0.324 e. The second kappa shape index (κ2) is 10.6. The number of benzene rings is 3. The lowest BCUT2D eigenvalue weighted by Gasteiger charge is -2.16. The third-order valence-electron chi connectivity index (χ3n) is 4.74. The van der Waals surface area contributed by atoms with E-state index in [4.69, 9.17) is 4.74 Å². The third-order valence-corrected chi connectivity index (χ3v) is 5.99. The van der Waals surface area contributed by atoms with Crippen molar-refractivity contribution in [3.63, 3.8) is 0 Å². The number of carbonyl (C=O) groups is 2. The quantitative estimate of drug-likeness (QED) is 0.218. The predicted molar refractivity (Wildman–Crippen MR) is 124 cm³/mol. The van der Waals surface area contributed by atoms with Crippen LogP contribution in [0.15, 0.2) is 77.7 Å². The summed E-state index contributed by atoms with van der Waals surface area (Å²) in [5.41, 5.74) is 2.14. The number of nitrogens with one attached hydrogen (secondary N) is 1. The maximum atomic E-state index is 12.8. The molecule has 3 aromatic rings. The van der Waals surface area contributed by atoms with Gasteiger partial charge in [0, 0.05) is 11.0 Å². The van der Waals surface area contributed by atoms with Crippen molar-refractivity contribution in [1.82, 2.24) is 0 Å². The Bertz CT molecular complexity index is 1120. The molecule has 0 heterocycles. The van der Waals surface area contributed by atoms with E-state index in [1.165, 1.54) is 23.9 Å². The second-order valence-corrected chi connectivity index (χ2v) is 8.27. The minimum atomic E-state index is -0.664. The van der Waals surface area contributed by atoms with E-state index in [1.807, 2.05) is 60.7 Å². The highest BCUT2D eigenvalue weighted by molar-refractivity contribution is 8.00. The molecule has 8 heteroatoms. The van der Waals surface area contributed by atoms with E-state index in [0.29, 0.717) is 0 Å². The number of thioether (sulfide) groups is 1. The van der Waals surface area contributed by atoms with Crippen LogP contribution in [0.4, 0.5) is 11.4 Å². The molecule has 0 aliphatic rings. The average Bonchev–Trinajstić information content (AvgIpc) is 2.79. The van der Waals surface area contributed by atoms with Crippen LogP contribution >= 0.6 is 11.8 Å². The molecule has 164 valence electrons. The van der Waals surface area contributed by atoms with Crippen molar-refractivity contribution in [3.05, 3.63) is 99.6 Å². The Morgan fingerprint density at radius 2 is 1.59 bits per heavy atom. The number of nitro benzene ring substituents is 1. The van der Waals surface area contributed by atoms with Crippen molar-refractivity contribution in [2.75, 3.05) is 11.9 Å². The Morgan fingerprint density at radius 3 is 2.22 bits per heavy atom. The summed E-state index contributed by atoms with van der Waals surface area (Å²) in [6, 6.07) is 21.5. The monoisotopic (exact) mass is 450 g/mol. The number of anilines is 1. The largest absolute Gasteiger partial charge is 0.454 e. The maximum absolute atomic E-state index is 12.8. The number of nitro groups is 1. The van der Waals surface area contributed by atoms with Crippen LogP contribution in [0, 0.1) is 24.0 Å². The first-order valence-electron chi connectivity index (χ1n) is 9.84. The van der Waals surface area contributed by atoms with Gasteiger partial charge in [-0.15, -0.1) is 11.8 Å². The normalized spacial score (nSPS) is 11.4. The van der Waals surface area contributed by atoms with Gasteiger partial charge in [-0.25, -0.2) is 0 Å². The van der Waals surface area contributed by atoms with Crippen molar-refractivity contribution in [2.24, 2.45) is 0 Å².